The minimum absolute atomic E-state index is 0.0594. The molecule has 2 aromatic rings. The van der Waals surface area contributed by atoms with Gasteiger partial charge in [0, 0.05) is 19.5 Å². The molecule has 3 nitrogen and oxygen atoms in total. The van der Waals surface area contributed by atoms with E-state index in [1.807, 2.05) is 6.07 Å². The average molecular weight is 351 g/mol. The summed E-state index contributed by atoms with van der Waals surface area (Å²) in [5, 5.41) is 0. The summed E-state index contributed by atoms with van der Waals surface area (Å²) < 4.78 is 11.7. The van der Waals surface area contributed by atoms with Crippen molar-refractivity contribution in [2.45, 2.75) is 57.9 Å². The topological polar surface area (TPSA) is 21.7 Å². The lowest BCUT2D eigenvalue weighted by molar-refractivity contribution is -0.105. The number of nitrogens with zero attached hydrogens (tertiary/aromatic N) is 1. The van der Waals surface area contributed by atoms with Crippen LogP contribution in [0.15, 0.2) is 48.5 Å². The number of rotatable bonds is 7. The molecule has 1 fully saturated rings. The molecule has 2 aliphatic rings. The van der Waals surface area contributed by atoms with E-state index in [1.165, 1.54) is 42.5 Å². The van der Waals surface area contributed by atoms with Crippen LogP contribution in [0.4, 0.5) is 0 Å². The fourth-order valence-corrected chi connectivity index (χ4v) is 3.96. The third-order valence-electron chi connectivity index (χ3n) is 5.40. The van der Waals surface area contributed by atoms with Gasteiger partial charge >= 0.3 is 0 Å². The highest BCUT2D eigenvalue weighted by molar-refractivity contribution is 5.30. The van der Waals surface area contributed by atoms with Crippen LogP contribution >= 0.6 is 0 Å². The van der Waals surface area contributed by atoms with Crippen molar-refractivity contribution >= 4 is 0 Å². The van der Waals surface area contributed by atoms with E-state index in [1.54, 1.807) is 0 Å². The number of hydrogen-bond donors (Lipinski definition) is 0. The molecule has 2 aliphatic heterocycles. The second-order valence-electron chi connectivity index (χ2n) is 7.50. The van der Waals surface area contributed by atoms with Crippen molar-refractivity contribution in [1.82, 2.24) is 4.90 Å². The van der Waals surface area contributed by atoms with Gasteiger partial charge in [-0.15, -0.1) is 0 Å². The van der Waals surface area contributed by atoms with Gasteiger partial charge in [-0.1, -0.05) is 36.4 Å². The van der Waals surface area contributed by atoms with Gasteiger partial charge in [-0.05, 0) is 67.5 Å². The van der Waals surface area contributed by atoms with Crippen LogP contribution in [-0.2, 0) is 24.2 Å². The Morgan fingerprint density at radius 3 is 2.58 bits per heavy atom. The Balaban J connectivity index is 1.20. The van der Waals surface area contributed by atoms with E-state index in [0.29, 0.717) is 0 Å². The van der Waals surface area contributed by atoms with Crippen molar-refractivity contribution in [3.8, 4) is 5.75 Å². The van der Waals surface area contributed by atoms with Crippen LogP contribution in [0.3, 0.4) is 0 Å². The molecule has 0 aliphatic carbocycles. The number of ether oxygens (including phenoxy) is 2. The largest absolute Gasteiger partial charge is 0.465 e. The summed E-state index contributed by atoms with van der Waals surface area (Å²) in [6.07, 6.45) is 6.87. The second kappa shape index (κ2) is 8.70. The van der Waals surface area contributed by atoms with Gasteiger partial charge in [-0.3, -0.25) is 4.90 Å². The monoisotopic (exact) mass is 351 g/mol. The first-order valence-corrected chi connectivity index (χ1v) is 10.0. The van der Waals surface area contributed by atoms with E-state index < -0.39 is 0 Å². The molecule has 0 spiro atoms. The molecule has 26 heavy (non-hydrogen) atoms. The third kappa shape index (κ3) is 4.66. The number of benzene rings is 2. The number of hydrogen-bond acceptors (Lipinski definition) is 3. The lowest BCUT2D eigenvalue weighted by Gasteiger charge is -2.23. The van der Waals surface area contributed by atoms with Crippen LogP contribution < -0.4 is 4.74 Å². The number of fused-ring (bicyclic) bond motifs is 1. The molecule has 4 rings (SSSR count). The summed E-state index contributed by atoms with van der Waals surface area (Å²) in [4.78, 5) is 2.56. The lowest BCUT2D eigenvalue weighted by atomic mass is 10.1. The molecule has 0 aromatic heterocycles. The van der Waals surface area contributed by atoms with Crippen molar-refractivity contribution in [2.24, 2.45) is 0 Å². The van der Waals surface area contributed by atoms with Gasteiger partial charge in [0.2, 0.25) is 0 Å². The van der Waals surface area contributed by atoms with Crippen molar-refractivity contribution in [3.05, 3.63) is 65.2 Å². The zero-order chi connectivity index (χ0) is 17.6. The zero-order valence-electron chi connectivity index (χ0n) is 15.5. The summed E-state index contributed by atoms with van der Waals surface area (Å²) in [6.45, 7) is 4.23. The van der Waals surface area contributed by atoms with E-state index in [9.17, 15) is 0 Å². The van der Waals surface area contributed by atoms with Crippen LogP contribution in [-0.4, -0.2) is 24.3 Å². The Labute approximate surface area is 156 Å². The fraction of sp³-hybridized carbons (Fsp3) is 0.478. The first-order chi connectivity index (χ1) is 12.9. The molecule has 1 unspecified atom stereocenters. The zero-order valence-corrected chi connectivity index (χ0v) is 15.5. The predicted octanol–water partition coefficient (Wildman–Crippen LogP) is 4.93. The highest BCUT2D eigenvalue weighted by atomic mass is 16.7. The van der Waals surface area contributed by atoms with Crippen LogP contribution in [0.25, 0.3) is 0 Å². The summed E-state index contributed by atoms with van der Waals surface area (Å²) in [5.74, 6) is 0.949. The quantitative estimate of drug-likeness (QED) is 0.660. The van der Waals surface area contributed by atoms with Crippen molar-refractivity contribution < 1.29 is 9.47 Å². The van der Waals surface area contributed by atoms with Crippen LogP contribution in [0, 0.1) is 0 Å². The average Bonchev–Trinajstić information content (AvgIpc) is 3.09. The van der Waals surface area contributed by atoms with E-state index in [-0.39, 0.29) is 6.29 Å². The standard InChI is InChI=1S/C23H29NO2/c1-2-11-21-18-24(17-20(21)10-1)14-5-3-8-19-9-7-12-22(16-19)26-23-13-4-6-15-25-23/h1-2,7,9-12,16,23H,3-6,8,13-15,17-18H2. The highest BCUT2D eigenvalue weighted by Crippen LogP contribution is 2.23. The summed E-state index contributed by atoms with van der Waals surface area (Å²) in [7, 11) is 0. The van der Waals surface area contributed by atoms with Crippen LogP contribution in [0.5, 0.6) is 5.75 Å². The molecule has 1 saturated heterocycles. The van der Waals surface area contributed by atoms with Gasteiger partial charge in [-0.2, -0.15) is 0 Å². The molecule has 0 N–H and O–H groups in total. The Morgan fingerprint density at radius 2 is 1.81 bits per heavy atom. The predicted molar refractivity (Wildman–Crippen MR) is 104 cm³/mol. The van der Waals surface area contributed by atoms with Crippen LogP contribution in [0.1, 0.15) is 48.8 Å². The highest BCUT2D eigenvalue weighted by Gasteiger charge is 2.17. The smallest absolute Gasteiger partial charge is 0.199 e. The maximum atomic E-state index is 5.99. The number of unbranched alkanes of at least 4 members (excludes halogenated alkanes) is 1. The molecule has 0 radical (unpaired) electrons. The van der Waals surface area contributed by atoms with Crippen molar-refractivity contribution in [3.63, 3.8) is 0 Å². The van der Waals surface area contributed by atoms with Crippen molar-refractivity contribution in [1.29, 1.82) is 0 Å². The molecule has 138 valence electrons. The molecular formula is C23H29NO2. The Kier molecular flexibility index (Phi) is 5.88. The van der Waals surface area contributed by atoms with Crippen LogP contribution in [0.2, 0.25) is 0 Å². The first kappa shape index (κ1) is 17.6. The summed E-state index contributed by atoms with van der Waals surface area (Å²) in [5.41, 5.74) is 4.37. The molecular weight excluding hydrogens is 322 g/mol. The van der Waals surface area contributed by atoms with E-state index >= 15 is 0 Å². The van der Waals surface area contributed by atoms with E-state index in [4.69, 9.17) is 9.47 Å². The van der Waals surface area contributed by atoms with E-state index in [0.717, 1.165) is 44.7 Å². The molecule has 2 aromatic carbocycles. The maximum Gasteiger partial charge on any atom is 0.199 e. The summed E-state index contributed by atoms with van der Waals surface area (Å²) in [6, 6.07) is 17.4. The normalized spacial score (nSPS) is 20.1. The minimum atomic E-state index is -0.0594. The SMILES string of the molecule is c1cc(CCCCN2Cc3ccccc3C2)cc(OC2CCCCO2)c1. The molecule has 0 bridgehead atoms. The maximum absolute atomic E-state index is 5.99. The molecule has 0 saturated carbocycles. The molecule has 1 atom stereocenters. The van der Waals surface area contributed by atoms with Gasteiger partial charge < -0.3 is 9.47 Å². The molecule has 2 heterocycles. The second-order valence-corrected chi connectivity index (χ2v) is 7.50. The molecule has 0 amide bonds. The molecule has 3 heteroatoms. The van der Waals surface area contributed by atoms with Gasteiger partial charge in [0.1, 0.15) is 5.75 Å². The van der Waals surface area contributed by atoms with E-state index in [2.05, 4.69) is 47.4 Å². The van der Waals surface area contributed by atoms with Gasteiger partial charge in [0.15, 0.2) is 6.29 Å². The summed E-state index contributed by atoms with van der Waals surface area (Å²) >= 11 is 0. The Hall–Kier alpha value is -1.84. The minimum Gasteiger partial charge on any atom is -0.465 e. The van der Waals surface area contributed by atoms with Gasteiger partial charge in [0.25, 0.3) is 0 Å². The first-order valence-electron chi connectivity index (χ1n) is 10.0. The van der Waals surface area contributed by atoms with Gasteiger partial charge in [0.05, 0.1) is 6.61 Å². The Morgan fingerprint density at radius 1 is 0.962 bits per heavy atom. The van der Waals surface area contributed by atoms with Gasteiger partial charge in [-0.25, -0.2) is 0 Å². The van der Waals surface area contributed by atoms with Crippen molar-refractivity contribution in [2.75, 3.05) is 13.2 Å². The Bertz CT molecular complexity index is 684. The fourth-order valence-electron chi connectivity index (χ4n) is 3.96. The lowest BCUT2D eigenvalue weighted by Crippen LogP contribution is -2.24. The third-order valence-corrected chi connectivity index (χ3v) is 5.40. The number of aryl methyl sites for hydroxylation is 1.